The molecule has 92 valence electrons. The fourth-order valence-electron chi connectivity index (χ4n) is 1.31. The monoisotopic (exact) mass is 238 g/mol. The smallest absolute Gasteiger partial charge is 0.339 e. The van der Waals surface area contributed by atoms with Gasteiger partial charge in [-0.3, -0.25) is 4.79 Å². The molecule has 1 aromatic carbocycles. The van der Waals surface area contributed by atoms with Crippen molar-refractivity contribution >= 4 is 17.6 Å². The van der Waals surface area contributed by atoms with Gasteiger partial charge in [-0.15, -0.1) is 0 Å². The van der Waals surface area contributed by atoms with Crippen LogP contribution in [0.15, 0.2) is 18.2 Å². The van der Waals surface area contributed by atoms with Crippen molar-refractivity contribution in [2.75, 3.05) is 5.73 Å². The normalized spacial score (nSPS) is 11.8. The molecule has 0 spiro atoms. The Morgan fingerprint density at radius 1 is 1.47 bits per heavy atom. The maximum atomic E-state index is 11.0. The van der Waals surface area contributed by atoms with Gasteiger partial charge in [0.05, 0.1) is 0 Å². The molecule has 0 aromatic heterocycles. The van der Waals surface area contributed by atoms with Crippen LogP contribution >= 0.6 is 0 Å². The summed E-state index contributed by atoms with van der Waals surface area (Å²) in [5.41, 5.74) is 10.8. The van der Waals surface area contributed by atoms with E-state index in [1.807, 2.05) is 0 Å². The minimum absolute atomic E-state index is 0.0809. The summed E-state index contributed by atoms with van der Waals surface area (Å²) in [5, 5.41) is 8.96. The highest BCUT2D eigenvalue weighted by Gasteiger charge is 2.19. The van der Waals surface area contributed by atoms with Gasteiger partial charge in [-0.1, -0.05) is 6.92 Å². The number of aromatic carboxylic acids is 1. The second-order valence-corrected chi connectivity index (χ2v) is 3.48. The zero-order chi connectivity index (χ0) is 13.0. The number of amides is 1. The average molecular weight is 238 g/mol. The molecule has 1 rings (SSSR count). The van der Waals surface area contributed by atoms with Crippen molar-refractivity contribution in [1.82, 2.24) is 0 Å². The second kappa shape index (κ2) is 5.20. The summed E-state index contributed by atoms with van der Waals surface area (Å²) < 4.78 is 5.26. The third kappa shape index (κ3) is 3.10. The van der Waals surface area contributed by atoms with Crippen LogP contribution < -0.4 is 16.2 Å². The molecule has 0 aliphatic carbocycles. The Balaban J connectivity index is 3.05. The SMILES string of the molecule is CCC(Oc1ccc(N)cc1C(=O)O)C(N)=O. The molecule has 1 amide bonds. The first-order valence-corrected chi connectivity index (χ1v) is 5.04. The van der Waals surface area contributed by atoms with E-state index in [9.17, 15) is 9.59 Å². The minimum atomic E-state index is -1.17. The Morgan fingerprint density at radius 3 is 2.59 bits per heavy atom. The number of carboxylic acid groups (broad SMARTS) is 1. The van der Waals surface area contributed by atoms with Gasteiger partial charge in [0, 0.05) is 5.69 Å². The van der Waals surface area contributed by atoms with Crippen LogP contribution in [0.1, 0.15) is 23.7 Å². The first-order chi connectivity index (χ1) is 7.95. The number of benzene rings is 1. The van der Waals surface area contributed by atoms with Crippen LogP contribution in [0.25, 0.3) is 0 Å². The standard InChI is InChI=1S/C11H14N2O4/c1-2-8(10(13)14)17-9-4-3-6(12)5-7(9)11(15)16/h3-5,8H,2,12H2,1H3,(H2,13,14)(H,15,16). The first kappa shape index (κ1) is 12.8. The fraction of sp³-hybridized carbons (Fsp3) is 0.273. The van der Waals surface area contributed by atoms with Crippen molar-refractivity contribution in [2.24, 2.45) is 5.73 Å². The lowest BCUT2D eigenvalue weighted by atomic mass is 10.1. The Bertz CT molecular complexity index is 445. The summed E-state index contributed by atoms with van der Waals surface area (Å²) in [7, 11) is 0. The number of hydrogen-bond donors (Lipinski definition) is 3. The average Bonchev–Trinajstić information content (AvgIpc) is 2.26. The molecule has 0 aliphatic rings. The van der Waals surface area contributed by atoms with E-state index < -0.39 is 18.0 Å². The van der Waals surface area contributed by atoms with E-state index in [2.05, 4.69) is 0 Å². The van der Waals surface area contributed by atoms with Crippen LogP contribution in [-0.4, -0.2) is 23.1 Å². The number of primary amides is 1. The highest BCUT2D eigenvalue weighted by atomic mass is 16.5. The maximum absolute atomic E-state index is 11.0. The number of rotatable bonds is 5. The summed E-state index contributed by atoms with van der Waals surface area (Å²) in [6, 6.07) is 4.17. The molecular formula is C11H14N2O4. The zero-order valence-electron chi connectivity index (χ0n) is 9.34. The van der Waals surface area contributed by atoms with Gasteiger partial charge in [0.25, 0.3) is 5.91 Å². The van der Waals surface area contributed by atoms with Crippen molar-refractivity contribution in [3.63, 3.8) is 0 Å². The molecule has 6 nitrogen and oxygen atoms in total. The van der Waals surface area contributed by atoms with Gasteiger partial charge in [0.15, 0.2) is 6.10 Å². The van der Waals surface area contributed by atoms with E-state index in [1.165, 1.54) is 18.2 Å². The van der Waals surface area contributed by atoms with Crippen molar-refractivity contribution < 1.29 is 19.4 Å². The lowest BCUT2D eigenvalue weighted by Gasteiger charge is -2.15. The summed E-state index contributed by atoms with van der Waals surface area (Å²) in [6.45, 7) is 1.72. The fourth-order valence-corrected chi connectivity index (χ4v) is 1.31. The first-order valence-electron chi connectivity index (χ1n) is 5.04. The third-order valence-electron chi connectivity index (χ3n) is 2.19. The van der Waals surface area contributed by atoms with Gasteiger partial charge in [-0.25, -0.2) is 4.79 Å². The molecule has 0 aliphatic heterocycles. The van der Waals surface area contributed by atoms with Gasteiger partial charge < -0.3 is 21.3 Å². The zero-order valence-corrected chi connectivity index (χ0v) is 9.34. The van der Waals surface area contributed by atoms with E-state index in [1.54, 1.807) is 6.92 Å². The second-order valence-electron chi connectivity index (χ2n) is 3.48. The number of ether oxygens (including phenoxy) is 1. The summed E-state index contributed by atoms with van der Waals surface area (Å²) in [5.74, 6) is -1.73. The molecule has 5 N–H and O–H groups in total. The Hall–Kier alpha value is -2.24. The summed E-state index contributed by atoms with van der Waals surface area (Å²) in [6.07, 6.45) is -0.490. The quantitative estimate of drug-likeness (QED) is 0.650. The summed E-state index contributed by atoms with van der Waals surface area (Å²) in [4.78, 5) is 22.0. The van der Waals surface area contributed by atoms with E-state index >= 15 is 0 Å². The Labute approximate surface area is 98.2 Å². The van der Waals surface area contributed by atoms with Gasteiger partial charge in [0.1, 0.15) is 11.3 Å². The maximum Gasteiger partial charge on any atom is 0.339 e. The molecule has 1 unspecified atom stereocenters. The summed E-state index contributed by atoms with van der Waals surface area (Å²) >= 11 is 0. The van der Waals surface area contributed by atoms with Crippen molar-refractivity contribution in [1.29, 1.82) is 0 Å². The van der Waals surface area contributed by atoms with Crippen LogP contribution in [0, 0.1) is 0 Å². The number of anilines is 1. The molecule has 0 radical (unpaired) electrons. The molecule has 0 bridgehead atoms. The van der Waals surface area contributed by atoms with Crippen LogP contribution in [-0.2, 0) is 4.79 Å². The predicted octanol–water partition coefficient (Wildman–Crippen LogP) is 0.610. The molecule has 1 atom stereocenters. The van der Waals surface area contributed by atoms with Gasteiger partial charge in [0.2, 0.25) is 0 Å². The van der Waals surface area contributed by atoms with Crippen molar-refractivity contribution in [3.05, 3.63) is 23.8 Å². The highest BCUT2D eigenvalue weighted by Crippen LogP contribution is 2.23. The number of nitrogens with two attached hydrogens (primary N) is 2. The number of carboxylic acids is 1. The minimum Gasteiger partial charge on any atom is -0.480 e. The molecule has 1 aromatic rings. The number of carbonyl (C=O) groups excluding carboxylic acids is 1. The predicted molar refractivity (Wildman–Crippen MR) is 61.7 cm³/mol. The molecule has 17 heavy (non-hydrogen) atoms. The van der Waals surface area contributed by atoms with Crippen molar-refractivity contribution in [2.45, 2.75) is 19.4 Å². The number of hydrogen-bond acceptors (Lipinski definition) is 4. The van der Waals surface area contributed by atoms with Crippen LogP contribution in [0.4, 0.5) is 5.69 Å². The molecular weight excluding hydrogens is 224 g/mol. The number of nitrogen functional groups attached to an aromatic ring is 1. The Kier molecular flexibility index (Phi) is 3.92. The van der Waals surface area contributed by atoms with Crippen molar-refractivity contribution in [3.8, 4) is 5.75 Å². The molecule has 0 saturated carbocycles. The van der Waals surface area contributed by atoms with Gasteiger partial charge in [-0.05, 0) is 24.6 Å². The van der Waals surface area contributed by atoms with E-state index in [-0.39, 0.29) is 11.3 Å². The number of carbonyl (C=O) groups is 2. The topological polar surface area (TPSA) is 116 Å². The van der Waals surface area contributed by atoms with E-state index in [0.29, 0.717) is 12.1 Å². The molecule has 6 heteroatoms. The van der Waals surface area contributed by atoms with Crippen LogP contribution in [0.2, 0.25) is 0 Å². The van der Waals surface area contributed by atoms with E-state index in [4.69, 9.17) is 21.3 Å². The molecule has 0 fully saturated rings. The van der Waals surface area contributed by atoms with Gasteiger partial charge >= 0.3 is 5.97 Å². The third-order valence-corrected chi connectivity index (χ3v) is 2.19. The Morgan fingerprint density at radius 2 is 2.12 bits per heavy atom. The molecule has 0 heterocycles. The van der Waals surface area contributed by atoms with E-state index in [0.717, 1.165) is 0 Å². The van der Waals surface area contributed by atoms with Crippen LogP contribution in [0.5, 0.6) is 5.75 Å². The largest absolute Gasteiger partial charge is 0.480 e. The van der Waals surface area contributed by atoms with Gasteiger partial charge in [-0.2, -0.15) is 0 Å². The lowest BCUT2D eigenvalue weighted by molar-refractivity contribution is -0.124. The lowest BCUT2D eigenvalue weighted by Crippen LogP contribution is -2.33. The molecule has 0 saturated heterocycles. The van der Waals surface area contributed by atoms with Crippen LogP contribution in [0.3, 0.4) is 0 Å². The highest BCUT2D eigenvalue weighted by molar-refractivity contribution is 5.92.